The maximum atomic E-state index is 13.2. The first-order valence-corrected chi connectivity index (χ1v) is 14.3. The van der Waals surface area contributed by atoms with Gasteiger partial charge in [0, 0.05) is 21.6 Å². The number of esters is 1. The van der Waals surface area contributed by atoms with Crippen LogP contribution < -0.4 is 10.7 Å². The molecule has 1 aliphatic carbocycles. The van der Waals surface area contributed by atoms with Gasteiger partial charge in [-0.25, -0.2) is 20.0 Å². The van der Waals surface area contributed by atoms with E-state index in [0.717, 1.165) is 27.3 Å². The van der Waals surface area contributed by atoms with Crippen molar-refractivity contribution in [2.45, 2.75) is 39.2 Å². The summed E-state index contributed by atoms with van der Waals surface area (Å²) >= 11 is 1.98. The van der Waals surface area contributed by atoms with Crippen molar-refractivity contribution in [3.63, 3.8) is 0 Å². The van der Waals surface area contributed by atoms with Gasteiger partial charge in [-0.2, -0.15) is 0 Å². The van der Waals surface area contributed by atoms with Crippen molar-refractivity contribution in [2.75, 3.05) is 19.0 Å². The molecule has 4 rings (SSSR count). The lowest BCUT2D eigenvalue weighted by molar-refractivity contribution is -0.141. The van der Waals surface area contributed by atoms with Crippen molar-refractivity contribution < 1.29 is 28.7 Å². The van der Waals surface area contributed by atoms with Crippen LogP contribution in [0.25, 0.3) is 11.1 Å². The van der Waals surface area contributed by atoms with Crippen molar-refractivity contribution in [1.82, 2.24) is 10.4 Å². The van der Waals surface area contributed by atoms with Crippen LogP contribution in [0.15, 0.2) is 66.7 Å². The number of rotatable bonds is 8. The van der Waals surface area contributed by atoms with E-state index >= 15 is 0 Å². The Morgan fingerprint density at radius 2 is 1.54 bits per heavy atom. The molecule has 0 radical (unpaired) electrons. The number of hydrogen-bond acceptors (Lipinski definition) is 6. The van der Waals surface area contributed by atoms with E-state index in [9.17, 15) is 19.2 Å². The first-order chi connectivity index (χ1) is 19.6. The largest absolute Gasteiger partial charge is 0.465 e. The van der Waals surface area contributed by atoms with E-state index in [4.69, 9.17) is 9.47 Å². The van der Waals surface area contributed by atoms with Gasteiger partial charge in [-0.15, -0.1) is 0 Å². The molecule has 1 unspecified atom stereocenters. The van der Waals surface area contributed by atoms with Crippen LogP contribution in [-0.2, 0) is 19.1 Å². The van der Waals surface area contributed by atoms with E-state index in [1.54, 1.807) is 18.2 Å². The number of ether oxygens (including phenoxy) is 2. The summed E-state index contributed by atoms with van der Waals surface area (Å²) < 4.78 is 11.0. The zero-order chi connectivity index (χ0) is 29.7. The molecule has 0 saturated heterocycles. The summed E-state index contributed by atoms with van der Waals surface area (Å²) in [5.74, 6) is -1.59. The highest BCUT2D eigenvalue weighted by molar-refractivity contribution is 14.1. The summed E-state index contributed by atoms with van der Waals surface area (Å²) in [5.41, 5.74) is 7.63. The first kappa shape index (κ1) is 30.0. The van der Waals surface area contributed by atoms with Gasteiger partial charge in [0.25, 0.3) is 0 Å². The third-order valence-corrected chi connectivity index (χ3v) is 7.71. The van der Waals surface area contributed by atoms with Gasteiger partial charge in [0.05, 0.1) is 12.7 Å². The number of halogens is 1. The van der Waals surface area contributed by atoms with Gasteiger partial charge in [0.1, 0.15) is 12.6 Å². The van der Waals surface area contributed by atoms with Crippen molar-refractivity contribution in [3.05, 3.63) is 87.0 Å². The fourth-order valence-corrected chi connectivity index (χ4v) is 5.52. The normalized spacial score (nSPS) is 12.6. The zero-order valence-electron chi connectivity index (χ0n) is 23.3. The molecule has 9 nitrogen and oxygen atoms in total. The fourth-order valence-electron chi connectivity index (χ4n) is 4.78. The number of fused-ring (bicyclic) bond motifs is 3. The summed E-state index contributed by atoms with van der Waals surface area (Å²) in [6, 6.07) is 19.7. The Balaban J connectivity index is 1.46. The molecule has 3 aromatic carbocycles. The topological polar surface area (TPSA) is 114 Å². The monoisotopic (exact) mass is 669 g/mol. The van der Waals surface area contributed by atoms with E-state index in [1.165, 1.54) is 14.0 Å². The third-order valence-electron chi connectivity index (χ3n) is 6.82. The minimum atomic E-state index is -1.06. The maximum absolute atomic E-state index is 13.2. The molecular weight excluding hydrogens is 637 g/mol. The van der Waals surface area contributed by atoms with E-state index in [1.807, 2.05) is 85.0 Å². The molecule has 0 heterocycles. The molecule has 3 aromatic rings. The summed E-state index contributed by atoms with van der Waals surface area (Å²) in [4.78, 5) is 51.1. The molecule has 0 bridgehead atoms. The predicted molar refractivity (Wildman–Crippen MR) is 163 cm³/mol. The number of amides is 3. The Labute approximate surface area is 252 Å². The van der Waals surface area contributed by atoms with Crippen molar-refractivity contribution in [3.8, 4) is 11.1 Å². The Hall–Kier alpha value is -3.93. The lowest BCUT2D eigenvalue weighted by Crippen LogP contribution is -2.55. The average Bonchev–Trinajstić information content (AvgIpc) is 3.27. The van der Waals surface area contributed by atoms with Gasteiger partial charge in [0.15, 0.2) is 0 Å². The second-order valence-corrected chi connectivity index (χ2v) is 11.3. The maximum Gasteiger partial charge on any atom is 0.426 e. The number of hydrogen-bond donors (Lipinski definition) is 2. The van der Waals surface area contributed by atoms with E-state index in [2.05, 4.69) is 10.7 Å². The van der Waals surface area contributed by atoms with Crippen molar-refractivity contribution in [1.29, 1.82) is 0 Å². The fraction of sp³-hybridized carbons (Fsp3) is 0.290. The molecule has 1 atom stereocenters. The number of carbonyl (C=O) groups excluding carboxylic acids is 4. The summed E-state index contributed by atoms with van der Waals surface area (Å²) in [5, 5.41) is 3.76. The lowest BCUT2D eigenvalue weighted by Gasteiger charge is -2.29. The van der Waals surface area contributed by atoms with Crippen molar-refractivity contribution >= 4 is 52.2 Å². The molecular formula is C31H32IN3O6. The molecule has 2 N–H and O–H groups in total. The smallest absolute Gasteiger partial charge is 0.426 e. The first-order valence-electron chi connectivity index (χ1n) is 13.2. The highest BCUT2D eigenvalue weighted by atomic mass is 127. The minimum Gasteiger partial charge on any atom is -0.465 e. The number of nitrogens with zero attached hydrogens (tertiary/aromatic N) is 1. The van der Waals surface area contributed by atoms with Crippen LogP contribution in [0.3, 0.4) is 0 Å². The molecule has 10 heteroatoms. The van der Waals surface area contributed by atoms with Gasteiger partial charge < -0.3 is 14.8 Å². The predicted octanol–water partition coefficient (Wildman–Crippen LogP) is 5.73. The van der Waals surface area contributed by atoms with Crippen LogP contribution in [-0.4, -0.2) is 48.6 Å². The van der Waals surface area contributed by atoms with Crippen LogP contribution in [0, 0.1) is 9.49 Å². The van der Waals surface area contributed by atoms with Crippen LogP contribution in [0.4, 0.5) is 10.5 Å². The molecule has 0 aliphatic heterocycles. The molecule has 0 fully saturated rings. The van der Waals surface area contributed by atoms with Gasteiger partial charge in [-0.1, -0.05) is 62.4 Å². The van der Waals surface area contributed by atoms with Crippen LogP contribution in [0.1, 0.15) is 54.6 Å². The number of methoxy groups -OCH3 is 1. The Morgan fingerprint density at radius 1 is 0.927 bits per heavy atom. The van der Waals surface area contributed by atoms with Gasteiger partial charge in [0.2, 0.25) is 11.8 Å². The lowest BCUT2D eigenvalue weighted by atomic mass is 9.98. The summed E-state index contributed by atoms with van der Waals surface area (Å²) in [6.45, 7) is 5.33. The van der Waals surface area contributed by atoms with E-state index < -0.39 is 29.9 Å². The Bertz CT molecular complexity index is 1430. The molecule has 41 heavy (non-hydrogen) atoms. The number of carbonyl (C=O) groups is 4. The Kier molecular flexibility index (Phi) is 9.64. The number of hydrazine groups is 1. The van der Waals surface area contributed by atoms with Gasteiger partial charge >= 0.3 is 12.1 Å². The van der Waals surface area contributed by atoms with Crippen LogP contribution >= 0.6 is 22.6 Å². The van der Waals surface area contributed by atoms with Crippen LogP contribution in [0.2, 0.25) is 0 Å². The molecule has 1 aliphatic rings. The van der Waals surface area contributed by atoms with Crippen molar-refractivity contribution in [2.24, 2.45) is 5.92 Å². The molecule has 214 valence electrons. The molecule has 0 spiro atoms. The second kappa shape index (κ2) is 13.2. The molecule has 0 saturated carbocycles. The highest BCUT2D eigenvalue weighted by Crippen LogP contribution is 2.44. The quantitative estimate of drug-likeness (QED) is 0.180. The average molecular weight is 670 g/mol. The standard InChI is InChI=1S/C31H32IN3O6/c1-18(2)15-28(36)35(19(3)29(37)33-20-13-14-25(27(32)16-20)30(38)40-4)34-31(39)41-17-26-23-11-7-5-9-21(23)22-10-6-8-12-24(22)26/h5-14,16,18-19,26H,15,17H2,1-4H3,(H,33,37)(H,34,39). The SMILES string of the molecule is COC(=O)c1ccc(NC(=O)C(C)N(NC(=O)OCC2c3ccccc3-c3ccccc32)C(=O)CC(C)C)cc1I. The Morgan fingerprint density at radius 3 is 2.10 bits per heavy atom. The van der Waals surface area contributed by atoms with Gasteiger partial charge in [-0.3, -0.25) is 9.59 Å². The summed E-state index contributed by atoms with van der Waals surface area (Å²) in [7, 11) is 1.29. The molecule has 3 amide bonds. The number of benzene rings is 3. The van der Waals surface area contributed by atoms with E-state index in [-0.39, 0.29) is 24.9 Å². The summed E-state index contributed by atoms with van der Waals surface area (Å²) in [6.07, 6.45) is -0.715. The van der Waals surface area contributed by atoms with E-state index in [0.29, 0.717) is 14.8 Å². The van der Waals surface area contributed by atoms with Gasteiger partial charge in [-0.05, 0) is 75.9 Å². The zero-order valence-corrected chi connectivity index (χ0v) is 25.4. The highest BCUT2D eigenvalue weighted by Gasteiger charge is 2.31. The van der Waals surface area contributed by atoms with Crippen LogP contribution in [0.5, 0.6) is 0 Å². The number of anilines is 1. The third kappa shape index (κ3) is 6.87. The second-order valence-electron chi connectivity index (χ2n) is 10.2. The minimum absolute atomic E-state index is 0.00276. The number of nitrogens with one attached hydrogen (secondary N) is 2. The molecule has 0 aromatic heterocycles.